The molecule has 90 valence electrons. The maximum Gasteiger partial charge on any atom is 0.358 e. The normalized spacial score (nSPS) is 10.4. The number of carbonyl (C=O) groups excluding carboxylic acids is 1. The van der Waals surface area contributed by atoms with Crippen LogP contribution in [0.3, 0.4) is 0 Å². The predicted octanol–water partition coefficient (Wildman–Crippen LogP) is 1.22. The van der Waals surface area contributed by atoms with Gasteiger partial charge in [0, 0.05) is 12.8 Å². The zero-order valence-electron chi connectivity index (χ0n) is 9.82. The highest BCUT2D eigenvalue weighted by Crippen LogP contribution is 2.16. The third kappa shape index (κ3) is 2.91. The van der Waals surface area contributed by atoms with E-state index >= 15 is 0 Å². The molecule has 0 fully saturated rings. The first-order valence-electron chi connectivity index (χ1n) is 5.11. The number of nitrogens with zero attached hydrogens (tertiary/aromatic N) is 2. The van der Waals surface area contributed by atoms with Crippen LogP contribution in [0.25, 0.3) is 0 Å². The average molecular weight is 243 g/mol. The van der Waals surface area contributed by atoms with E-state index in [0.29, 0.717) is 23.7 Å². The number of rotatable bonds is 5. The summed E-state index contributed by atoms with van der Waals surface area (Å²) in [5.74, 6) is 1.42. The van der Waals surface area contributed by atoms with Crippen molar-refractivity contribution in [3.8, 4) is 0 Å². The summed E-state index contributed by atoms with van der Waals surface area (Å²) in [7, 11) is 1.68. The largest absolute Gasteiger partial charge is 0.460 e. The summed E-state index contributed by atoms with van der Waals surface area (Å²) in [6.45, 7) is 4.23. The number of esters is 1. The van der Waals surface area contributed by atoms with E-state index in [1.807, 2.05) is 0 Å². The molecule has 0 saturated carbocycles. The molecule has 1 rings (SSSR count). The molecule has 5 nitrogen and oxygen atoms in total. The lowest BCUT2D eigenvalue weighted by molar-refractivity contribution is 0.0519. The molecule has 6 heteroatoms. The van der Waals surface area contributed by atoms with E-state index in [0.717, 1.165) is 11.5 Å². The number of anilines is 1. The van der Waals surface area contributed by atoms with Gasteiger partial charge in [0.25, 0.3) is 0 Å². The lowest BCUT2D eigenvalue weighted by Crippen LogP contribution is -2.14. The van der Waals surface area contributed by atoms with Crippen LogP contribution in [0.4, 0.5) is 5.69 Å². The van der Waals surface area contributed by atoms with Crippen LogP contribution in [0.15, 0.2) is 0 Å². The Hall–Kier alpha value is -1.17. The molecule has 0 saturated heterocycles. The van der Waals surface area contributed by atoms with Crippen molar-refractivity contribution in [2.45, 2.75) is 13.8 Å². The molecule has 1 heterocycles. The molecule has 0 radical (unpaired) electrons. The Bertz CT molecular complexity index is 376. The molecular weight excluding hydrogens is 226 g/mol. The fourth-order valence-electron chi connectivity index (χ4n) is 1.32. The molecule has 0 aromatic carbocycles. The number of nitrogens with two attached hydrogens (primary N) is 1. The van der Waals surface area contributed by atoms with Gasteiger partial charge in [0.05, 0.1) is 11.4 Å². The molecule has 0 aliphatic carbocycles. The molecule has 0 atom stereocenters. The van der Waals surface area contributed by atoms with Crippen molar-refractivity contribution in [2.24, 2.45) is 7.05 Å². The molecular formula is C10H17N3O2S. The van der Waals surface area contributed by atoms with Crippen LogP contribution in [-0.4, -0.2) is 33.9 Å². The fourth-order valence-corrected chi connectivity index (χ4v) is 1.81. The van der Waals surface area contributed by atoms with Crippen molar-refractivity contribution < 1.29 is 9.53 Å². The average Bonchev–Trinajstić information content (AvgIpc) is 2.48. The minimum Gasteiger partial charge on any atom is -0.460 e. The van der Waals surface area contributed by atoms with Crippen molar-refractivity contribution in [2.75, 3.05) is 23.8 Å². The summed E-state index contributed by atoms with van der Waals surface area (Å²) in [5, 5.41) is 4.06. The van der Waals surface area contributed by atoms with Crippen molar-refractivity contribution in [1.82, 2.24) is 9.78 Å². The lowest BCUT2D eigenvalue weighted by atomic mass is 10.3. The molecule has 0 aliphatic rings. The molecule has 0 spiro atoms. The number of ether oxygens (including phenoxy) is 1. The zero-order chi connectivity index (χ0) is 12.1. The van der Waals surface area contributed by atoms with Crippen LogP contribution in [0.5, 0.6) is 0 Å². The van der Waals surface area contributed by atoms with Gasteiger partial charge in [0.15, 0.2) is 5.69 Å². The standard InChI is InChI=1S/C10H17N3O2S/c1-4-16-6-5-15-10(14)9-8(11)7(2)12-13(9)3/h4-6,11H2,1-3H3. The highest BCUT2D eigenvalue weighted by molar-refractivity contribution is 7.99. The highest BCUT2D eigenvalue weighted by atomic mass is 32.2. The Balaban J connectivity index is 2.59. The Kier molecular flexibility index (Phi) is 4.67. The first kappa shape index (κ1) is 12.9. The second-order valence-corrected chi connectivity index (χ2v) is 4.70. The van der Waals surface area contributed by atoms with E-state index < -0.39 is 5.97 Å². The molecule has 1 aromatic heterocycles. The number of nitrogen functional groups attached to an aromatic ring is 1. The first-order valence-corrected chi connectivity index (χ1v) is 6.27. The Labute approximate surface area is 99.3 Å². The third-order valence-corrected chi connectivity index (χ3v) is 2.99. The number of hydrogen-bond donors (Lipinski definition) is 1. The molecule has 16 heavy (non-hydrogen) atoms. The van der Waals surface area contributed by atoms with Gasteiger partial charge in [-0.3, -0.25) is 4.68 Å². The Morgan fingerprint density at radius 1 is 1.62 bits per heavy atom. The maximum atomic E-state index is 11.7. The quantitative estimate of drug-likeness (QED) is 0.622. The molecule has 2 N–H and O–H groups in total. The lowest BCUT2D eigenvalue weighted by Gasteiger charge is -2.05. The van der Waals surface area contributed by atoms with Gasteiger partial charge in [-0.25, -0.2) is 4.79 Å². The Morgan fingerprint density at radius 2 is 2.31 bits per heavy atom. The van der Waals surface area contributed by atoms with Crippen molar-refractivity contribution in [3.05, 3.63) is 11.4 Å². The Morgan fingerprint density at radius 3 is 2.81 bits per heavy atom. The minimum absolute atomic E-state index is 0.332. The van der Waals surface area contributed by atoms with Crippen LogP contribution < -0.4 is 5.73 Å². The third-order valence-electron chi connectivity index (χ3n) is 2.13. The van der Waals surface area contributed by atoms with Crippen LogP contribution >= 0.6 is 11.8 Å². The maximum absolute atomic E-state index is 11.7. The number of hydrogen-bond acceptors (Lipinski definition) is 5. The van der Waals surface area contributed by atoms with Gasteiger partial charge in [0.1, 0.15) is 6.61 Å². The van der Waals surface area contributed by atoms with E-state index in [9.17, 15) is 4.79 Å². The van der Waals surface area contributed by atoms with Crippen molar-refractivity contribution >= 4 is 23.4 Å². The molecule has 1 aromatic rings. The number of aromatic nitrogens is 2. The van der Waals surface area contributed by atoms with Gasteiger partial charge in [-0.1, -0.05) is 6.92 Å². The van der Waals surface area contributed by atoms with Gasteiger partial charge in [-0.2, -0.15) is 16.9 Å². The van der Waals surface area contributed by atoms with Gasteiger partial charge in [0.2, 0.25) is 0 Å². The highest BCUT2D eigenvalue weighted by Gasteiger charge is 2.18. The van der Waals surface area contributed by atoms with Crippen LogP contribution in [-0.2, 0) is 11.8 Å². The van der Waals surface area contributed by atoms with Gasteiger partial charge in [-0.05, 0) is 12.7 Å². The van der Waals surface area contributed by atoms with Gasteiger partial charge >= 0.3 is 5.97 Å². The summed E-state index contributed by atoms with van der Waals surface area (Å²) < 4.78 is 6.56. The minimum atomic E-state index is -0.405. The summed E-state index contributed by atoms with van der Waals surface area (Å²) >= 11 is 1.73. The van der Waals surface area contributed by atoms with Crippen molar-refractivity contribution in [1.29, 1.82) is 0 Å². The second kappa shape index (κ2) is 5.79. The predicted molar refractivity (Wildman–Crippen MR) is 65.6 cm³/mol. The first-order chi connectivity index (χ1) is 7.57. The summed E-state index contributed by atoms with van der Waals surface area (Å²) in [5.41, 5.74) is 7.13. The van der Waals surface area contributed by atoms with E-state index in [4.69, 9.17) is 10.5 Å². The van der Waals surface area contributed by atoms with Crippen LogP contribution in [0.1, 0.15) is 23.1 Å². The zero-order valence-corrected chi connectivity index (χ0v) is 10.6. The van der Waals surface area contributed by atoms with Gasteiger partial charge < -0.3 is 10.5 Å². The van der Waals surface area contributed by atoms with Crippen molar-refractivity contribution in [3.63, 3.8) is 0 Å². The second-order valence-electron chi connectivity index (χ2n) is 3.30. The molecule has 0 amide bonds. The molecule has 0 bridgehead atoms. The van der Waals surface area contributed by atoms with E-state index in [2.05, 4.69) is 12.0 Å². The fraction of sp³-hybridized carbons (Fsp3) is 0.600. The van der Waals surface area contributed by atoms with E-state index in [1.165, 1.54) is 4.68 Å². The number of carbonyl (C=O) groups is 1. The summed E-state index contributed by atoms with van der Waals surface area (Å²) in [4.78, 5) is 11.7. The molecule has 0 unspecified atom stereocenters. The van der Waals surface area contributed by atoms with E-state index in [1.54, 1.807) is 25.7 Å². The number of aryl methyl sites for hydroxylation is 2. The topological polar surface area (TPSA) is 70.1 Å². The number of thioether (sulfide) groups is 1. The smallest absolute Gasteiger partial charge is 0.358 e. The van der Waals surface area contributed by atoms with Crippen LogP contribution in [0.2, 0.25) is 0 Å². The van der Waals surface area contributed by atoms with Gasteiger partial charge in [-0.15, -0.1) is 0 Å². The summed E-state index contributed by atoms with van der Waals surface area (Å²) in [6, 6.07) is 0. The van der Waals surface area contributed by atoms with E-state index in [-0.39, 0.29) is 0 Å². The monoisotopic (exact) mass is 243 g/mol. The summed E-state index contributed by atoms with van der Waals surface area (Å²) in [6.07, 6.45) is 0. The van der Waals surface area contributed by atoms with Crippen LogP contribution in [0, 0.1) is 6.92 Å². The SMILES string of the molecule is CCSCCOC(=O)c1c(N)c(C)nn1C. The molecule has 0 aliphatic heterocycles.